The number of ether oxygens (including phenoxy) is 1. The standard InChI is InChI=1S/C15H14BrF2NO/c1-9(19)13-5-4-12(17)7-15(13)20-8-10-2-3-11(16)6-14(10)18/h2-7,9H,8,19H2,1H3/t9-/m0/s1. The van der Waals surface area contributed by atoms with E-state index in [1.54, 1.807) is 25.1 Å². The number of benzene rings is 2. The molecule has 0 saturated carbocycles. The van der Waals surface area contributed by atoms with E-state index in [-0.39, 0.29) is 18.5 Å². The van der Waals surface area contributed by atoms with Gasteiger partial charge in [0.15, 0.2) is 0 Å². The fourth-order valence-electron chi connectivity index (χ4n) is 1.80. The highest BCUT2D eigenvalue weighted by Gasteiger charge is 2.11. The first-order valence-corrected chi connectivity index (χ1v) is 6.88. The Morgan fingerprint density at radius 3 is 2.60 bits per heavy atom. The van der Waals surface area contributed by atoms with Crippen molar-refractivity contribution in [2.75, 3.05) is 0 Å². The molecular weight excluding hydrogens is 328 g/mol. The Hall–Kier alpha value is -1.46. The first kappa shape index (κ1) is 14.9. The smallest absolute Gasteiger partial charge is 0.130 e. The van der Waals surface area contributed by atoms with E-state index in [1.165, 1.54) is 18.2 Å². The van der Waals surface area contributed by atoms with Gasteiger partial charge in [-0.25, -0.2) is 8.78 Å². The lowest BCUT2D eigenvalue weighted by Gasteiger charge is -2.14. The van der Waals surface area contributed by atoms with E-state index in [0.29, 0.717) is 21.3 Å². The molecule has 2 aromatic carbocycles. The molecule has 106 valence electrons. The molecule has 2 nitrogen and oxygen atoms in total. The predicted octanol–water partition coefficient (Wildman–Crippen LogP) is 4.33. The molecule has 0 heterocycles. The molecule has 0 amide bonds. The normalized spacial score (nSPS) is 12.2. The Labute approximate surface area is 124 Å². The third kappa shape index (κ3) is 3.55. The molecule has 0 aliphatic rings. The molecule has 2 aromatic rings. The van der Waals surface area contributed by atoms with Crippen molar-refractivity contribution >= 4 is 15.9 Å². The minimum absolute atomic E-state index is 0.0162. The summed E-state index contributed by atoms with van der Waals surface area (Å²) in [5, 5.41) is 0. The van der Waals surface area contributed by atoms with Gasteiger partial charge in [0.25, 0.3) is 0 Å². The highest BCUT2D eigenvalue weighted by molar-refractivity contribution is 9.10. The molecule has 2 N–H and O–H groups in total. The van der Waals surface area contributed by atoms with Crippen molar-refractivity contribution in [3.63, 3.8) is 0 Å². The number of nitrogens with two attached hydrogens (primary N) is 1. The van der Waals surface area contributed by atoms with E-state index >= 15 is 0 Å². The summed E-state index contributed by atoms with van der Waals surface area (Å²) in [4.78, 5) is 0. The third-order valence-electron chi connectivity index (χ3n) is 2.86. The average Bonchev–Trinajstić information content (AvgIpc) is 2.37. The van der Waals surface area contributed by atoms with Gasteiger partial charge < -0.3 is 10.5 Å². The Bertz CT molecular complexity index is 617. The fourth-order valence-corrected chi connectivity index (χ4v) is 2.14. The van der Waals surface area contributed by atoms with Crippen molar-refractivity contribution in [1.82, 2.24) is 0 Å². The molecule has 0 saturated heterocycles. The van der Waals surface area contributed by atoms with Crippen LogP contribution >= 0.6 is 15.9 Å². The molecule has 0 fully saturated rings. The van der Waals surface area contributed by atoms with Gasteiger partial charge in [0.2, 0.25) is 0 Å². The van der Waals surface area contributed by atoms with E-state index in [9.17, 15) is 8.78 Å². The van der Waals surface area contributed by atoms with Gasteiger partial charge in [-0.2, -0.15) is 0 Å². The van der Waals surface area contributed by atoms with E-state index in [2.05, 4.69) is 15.9 Å². The Morgan fingerprint density at radius 1 is 1.20 bits per heavy atom. The van der Waals surface area contributed by atoms with Crippen molar-refractivity contribution < 1.29 is 13.5 Å². The largest absolute Gasteiger partial charge is 0.488 e. The maximum absolute atomic E-state index is 13.7. The van der Waals surface area contributed by atoms with Crippen LogP contribution in [0.25, 0.3) is 0 Å². The zero-order valence-corrected chi connectivity index (χ0v) is 12.5. The second-order valence-corrected chi connectivity index (χ2v) is 5.41. The van der Waals surface area contributed by atoms with Gasteiger partial charge in [0.05, 0.1) is 0 Å². The van der Waals surface area contributed by atoms with Crippen molar-refractivity contribution in [3.05, 3.63) is 63.6 Å². The van der Waals surface area contributed by atoms with Crippen LogP contribution in [0.5, 0.6) is 5.75 Å². The Kier molecular flexibility index (Phi) is 4.73. The molecule has 1 atom stereocenters. The minimum Gasteiger partial charge on any atom is -0.488 e. The Morgan fingerprint density at radius 2 is 1.95 bits per heavy atom. The summed E-state index contributed by atoms with van der Waals surface area (Å²) in [6, 6.07) is 8.57. The second kappa shape index (κ2) is 6.33. The van der Waals surface area contributed by atoms with Crippen molar-refractivity contribution in [2.24, 2.45) is 5.73 Å². The molecule has 0 radical (unpaired) electrons. The molecule has 0 aliphatic carbocycles. The number of halogens is 3. The summed E-state index contributed by atoms with van der Waals surface area (Å²) < 4.78 is 33.1. The summed E-state index contributed by atoms with van der Waals surface area (Å²) in [6.45, 7) is 1.79. The van der Waals surface area contributed by atoms with Crippen molar-refractivity contribution in [2.45, 2.75) is 19.6 Å². The first-order chi connectivity index (χ1) is 9.47. The van der Waals surface area contributed by atoms with Gasteiger partial charge in [-0.15, -0.1) is 0 Å². The molecule has 0 unspecified atom stereocenters. The molecule has 0 aromatic heterocycles. The number of hydrogen-bond donors (Lipinski definition) is 1. The lowest BCUT2D eigenvalue weighted by molar-refractivity contribution is 0.294. The summed E-state index contributed by atoms with van der Waals surface area (Å²) in [5.74, 6) is -0.457. The zero-order chi connectivity index (χ0) is 14.7. The van der Waals surface area contributed by atoms with Crippen LogP contribution in [-0.4, -0.2) is 0 Å². The topological polar surface area (TPSA) is 35.2 Å². The van der Waals surface area contributed by atoms with Crippen LogP contribution in [0.15, 0.2) is 40.9 Å². The van der Waals surface area contributed by atoms with Gasteiger partial charge in [-0.05, 0) is 25.1 Å². The summed E-state index contributed by atoms with van der Waals surface area (Å²) in [7, 11) is 0. The fraction of sp³-hybridized carbons (Fsp3) is 0.200. The maximum atomic E-state index is 13.7. The van der Waals surface area contributed by atoms with E-state index in [4.69, 9.17) is 10.5 Å². The SMILES string of the molecule is C[C@H](N)c1ccc(F)cc1OCc1ccc(Br)cc1F. The van der Waals surface area contributed by atoms with Crippen molar-refractivity contribution in [1.29, 1.82) is 0 Å². The van der Waals surface area contributed by atoms with Crippen LogP contribution in [0.1, 0.15) is 24.1 Å². The zero-order valence-electron chi connectivity index (χ0n) is 10.9. The van der Waals surface area contributed by atoms with Gasteiger partial charge in [-0.1, -0.05) is 28.1 Å². The number of rotatable bonds is 4. The maximum Gasteiger partial charge on any atom is 0.130 e. The summed E-state index contributed by atoms with van der Waals surface area (Å²) >= 11 is 3.19. The van der Waals surface area contributed by atoms with Gasteiger partial charge in [-0.3, -0.25) is 0 Å². The van der Waals surface area contributed by atoms with Crippen LogP contribution in [0.4, 0.5) is 8.78 Å². The van der Waals surface area contributed by atoms with Crippen LogP contribution in [-0.2, 0) is 6.61 Å². The lowest BCUT2D eigenvalue weighted by Crippen LogP contribution is -2.09. The Balaban J connectivity index is 2.20. The molecule has 0 aliphatic heterocycles. The highest BCUT2D eigenvalue weighted by Crippen LogP contribution is 2.26. The van der Waals surface area contributed by atoms with E-state index in [0.717, 1.165) is 0 Å². The third-order valence-corrected chi connectivity index (χ3v) is 3.36. The summed E-state index contributed by atoms with van der Waals surface area (Å²) in [6.07, 6.45) is 0. The average molecular weight is 342 g/mol. The van der Waals surface area contributed by atoms with Gasteiger partial charge >= 0.3 is 0 Å². The highest BCUT2D eigenvalue weighted by atomic mass is 79.9. The van der Waals surface area contributed by atoms with E-state index in [1.807, 2.05) is 0 Å². The van der Waals surface area contributed by atoms with Gasteiger partial charge in [0, 0.05) is 27.7 Å². The van der Waals surface area contributed by atoms with Crippen LogP contribution < -0.4 is 10.5 Å². The number of hydrogen-bond acceptors (Lipinski definition) is 2. The summed E-state index contributed by atoms with van der Waals surface area (Å²) in [5.41, 5.74) is 6.88. The minimum atomic E-state index is -0.416. The van der Waals surface area contributed by atoms with E-state index < -0.39 is 5.82 Å². The molecule has 0 spiro atoms. The molecular formula is C15H14BrF2NO. The molecule has 0 bridgehead atoms. The second-order valence-electron chi connectivity index (χ2n) is 4.50. The van der Waals surface area contributed by atoms with Crippen LogP contribution in [0.3, 0.4) is 0 Å². The molecule has 2 rings (SSSR count). The quantitative estimate of drug-likeness (QED) is 0.898. The molecule has 5 heteroatoms. The molecule has 20 heavy (non-hydrogen) atoms. The monoisotopic (exact) mass is 341 g/mol. The van der Waals surface area contributed by atoms with Crippen LogP contribution in [0, 0.1) is 11.6 Å². The van der Waals surface area contributed by atoms with Crippen LogP contribution in [0.2, 0.25) is 0 Å². The lowest BCUT2D eigenvalue weighted by atomic mass is 10.1. The van der Waals surface area contributed by atoms with Crippen molar-refractivity contribution in [3.8, 4) is 5.75 Å². The predicted molar refractivity (Wildman–Crippen MR) is 77.4 cm³/mol. The first-order valence-electron chi connectivity index (χ1n) is 6.09. The van der Waals surface area contributed by atoms with Gasteiger partial charge in [0.1, 0.15) is 24.0 Å².